The predicted molar refractivity (Wildman–Crippen MR) is 109 cm³/mol. The summed E-state index contributed by atoms with van der Waals surface area (Å²) < 4.78 is 16.6. The number of rotatable bonds is 10. The molecule has 7 nitrogen and oxygen atoms in total. The number of nitrogens with one attached hydrogen (secondary N) is 2. The Morgan fingerprint density at radius 3 is 2.79 bits per heavy atom. The van der Waals surface area contributed by atoms with Crippen LogP contribution in [0, 0.1) is 11.8 Å². The van der Waals surface area contributed by atoms with Gasteiger partial charge in [-0.05, 0) is 37.3 Å². The second-order valence-electron chi connectivity index (χ2n) is 8.36. The number of carbonyl (C=O) groups excluding carboxylic acids is 1. The first kappa shape index (κ1) is 22.0. The first-order valence-electron chi connectivity index (χ1n) is 10.7. The Hall–Kier alpha value is -1.67. The molecule has 162 valence electrons. The van der Waals surface area contributed by atoms with Crippen molar-refractivity contribution in [2.75, 3.05) is 26.3 Å². The molecule has 0 bridgehead atoms. The van der Waals surface area contributed by atoms with Crippen LogP contribution in [-0.4, -0.2) is 62.0 Å². The molecule has 2 saturated heterocycles. The predicted octanol–water partition coefficient (Wildman–Crippen LogP) is 2.08. The van der Waals surface area contributed by atoms with Crippen molar-refractivity contribution in [3.8, 4) is 0 Å². The summed E-state index contributed by atoms with van der Waals surface area (Å²) in [5.41, 5.74) is 1.17. The third-order valence-corrected chi connectivity index (χ3v) is 5.50. The Kier molecular flexibility index (Phi) is 8.29. The summed E-state index contributed by atoms with van der Waals surface area (Å²) >= 11 is 0. The zero-order chi connectivity index (χ0) is 20.6. The number of ether oxygens (including phenoxy) is 3. The molecule has 1 aromatic rings. The topological polar surface area (TPSA) is 89.1 Å². The van der Waals surface area contributed by atoms with Crippen molar-refractivity contribution < 1.29 is 24.1 Å². The number of fused-ring (bicyclic) bond motifs is 1. The van der Waals surface area contributed by atoms with Gasteiger partial charge in [-0.3, -0.25) is 0 Å². The number of alkyl carbamates (subject to hydrolysis) is 1. The van der Waals surface area contributed by atoms with E-state index in [1.165, 1.54) is 5.56 Å². The highest BCUT2D eigenvalue weighted by Gasteiger charge is 2.44. The summed E-state index contributed by atoms with van der Waals surface area (Å²) in [6.45, 7) is 6.46. The maximum Gasteiger partial charge on any atom is 0.407 e. The minimum absolute atomic E-state index is 0.0983. The zero-order valence-corrected chi connectivity index (χ0v) is 17.4. The third-order valence-electron chi connectivity index (χ3n) is 5.50. The van der Waals surface area contributed by atoms with Gasteiger partial charge in [-0.1, -0.05) is 44.2 Å². The van der Waals surface area contributed by atoms with Crippen LogP contribution in [0.1, 0.15) is 32.3 Å². The van der Waals surface area contributed by atoms with E-state index in [0.29, 0.717) is 32.1 Å². The van der Waals surface area contributed by atoms with Crippen LogP contribution in [0.2, 0.25) is 0 Å². The molecule has 2 fully saturated rings. The summed E-state index contributed by atoms with van der Waals surface area (Å²) in [4.78, 5) is 12.5. The average Bonchev–Trinajstić information content (AvgIpc) is 3.30. The smallest absolute Gasteiger partial charge is 0.407 e. The summed E-state index contributed by atoms with van der Waals surface area (Å²) in [7, 11) is 0. The van der Waals surface area contributed by atoms with Gasteiger partial charge in [0.2, 0.25) is 0 Å². The fraction of sp³-hybridized carbons (Fsp3) is 0.682. The quantitative estimate of drug-likeness (QED) is 0.551. The van der Waals surface area contributed by atoms with E-state index in [1.54, 1.807) is 0 Å². The number of hydrogen-bond donors (Lipinski definition) is 3. The SMILES string of the molecule is CC(C)CNC[C@@H](O)[C@H](CCc1ccccc1)NC(=O)O[C@H]1CO[C@H]2OCC[C@H]21. The maximum absolute atomic E-state index is 12.5. The van der Waals surface area contributed by atoms with E-state index in [2.05, 4.69) is 36.6 Å². The molecular weight excluding hydrogens is 372 g/mol. The number of benzene rings is 1. The molecule has 7 heteroatoms. The van der Waals surface area contributed by atoms with Gasteiger partial charge in [0, 0.05) is 6.54 Å². The Labute approximate surface area is 173 Å². The van der Waals surface area contributed by atoms with Gasteiger partial charge < -0.3 is 30.0 Å². The van der Waals surface area contributed by atoms with E-state index in [1.807, 2.05) is 18.2 Å². The van der Waals surface area contributed by atoms with Crippen molar-refractivity contribution in [1.82, 2.24) is 10.6 Å². The van der Waals surface area contributed by atoms with Gasteiger partial charge in [-0.25, -0.2) is 4.79 Å². The highest BCUT2D eigenvalue weighted by atomic mass is 16.7. The molecule has 3 N–H and O–H groups in total. The lowest BCUT2D eigenvalue weighted by molar-refractivity contribution is -0.0907. The first-order chi connectivity index (χ1) is 14.0. The Morgan fingerprint density at radius 2 is 2.03 bits per heavy atom. The number of aliphatic hydroxyl groups is 1. The monoisotopic (exact) mass is 406 g/mol. The van der Waals surface area contributed by atoms with Crippen molar-refractivity contribution in [2.24, 2.45) is 11.8 Å². The van der Waals surface area contributed by atoms with Crippen LogP contribution >= 0.6 is 0 Å². The fourth-order valence-corrected chi connectivity index (χ4v) is 3.86. The molecule has 0 radical (unpaired) electrons. The van der Waals surface area contributed by atoms with E-state index < -0.39 is 18.2 Å². The number of hydrogen-bond acceptors (Lipinski definition) is 6. The van der Waals surface area contributed by atoms with Crippen LogP contribution in [0.5, 0.6) is 0 Å². The first-order valence-corrected chi connectivity index (χ1v) is 10.7. The molecule has 2 aliphatic heterocycles. The molecule has 2 heterocycles. The summed E-state index contributed by atoms with van der Waals surface area (Å²) in [5.74, 6) is 0.591. The van der Waals surface area contributed by atoms with Gasteiger partial charge in [0.25, 0.3) is 0 Å². The Bertz CT molecular complexity index is 627. The molecule has 3 rings (SSSR count). The van der Waals surface area contributed by atoms with Crippen LogP contribution < -0.4 is 10.6 Å². The average molecular weight is 407 g/mol. The summed E-state index contributed by atoms with van der Waals surface area (Å²) in [6, 6.07) is 9.66. The molecule has 0 unspecified atom stereocenters. The van der Waals surface area contributed by atoms with Crippen molar-refractivity contribution in [1.29, 1.82) is 0 Å². The third kappa shape index (κ3) is 6.67. The molecule has 0 saturated carbocycles. The van der Waals surface area contributed by atoms with Gasteiger partial charge in [0.15, 0.2) is 6.29 Å². The maximum atomic E-state index is 12.5. The molecule has 5 atom stereocenters. The van der Waals surface area contributed by atoms with Gasteiger partial charge in [0.05, 0.1) is 31.3 Å². The number of aryl methyl sites for hydroxylation is 1. The summed E-state index contributed by atoms with van der Waals surface area (Å²) in [6.07, 6.45) is 0.459. The Balaban J connectivity index is 1.53. The minimum Gasteiger partial charge on any atom is -0.443 e. The van der Waals surface area contributed by atoms with Crippen molar-refractivity contribution in [3.05, 3.63) is 35.9 Å². The van der Waals surface area contributed by atoms with E-state index in [-0.39, 0.29) is 18.3 Å². The fourth-order valence-electron chi connectivity index (χ4n) is 3.86. The highest BCUT2D eigenvalue weighted by molar-refractivity contribution is 5.68. The largest absolute Gasteiger partial charge is 0.443 e. The van der Waals surface area contributed by atoms with Gasteiger partial charge >= 0.3 is 6.09 Å². The minimum atomic E-state index is -0.701. The van der Waals surface area contributed by atoms with Crippen molar-refractivity contribution in [3.63, 3.8) is 0 Å². The molecule has 1 amide bonds. The highest BCUT2D eigenvalue weighted by Crippen LogP contribution is 2.32. The van der Waals surface area contributed by atoms with Gasteiger partial charge in [-0.2, -0.15) is 0 Å². The van der Waals surface area contributed by atoms with E-state index >= 15 is 0 Å². The molecule has 1 aromatic carbocycles. The van der Waals surface area contributed by atoms with E-state index in [9.17, 15) is 9.90 Å². The van der Waals surface area contributed by atoms with Crippen molar-refractivity contribution >= 4 is 6.09 Å². The van der Waals surface area contributed by atoms with Crippen LogP contribution in [0.3, 0.4) is 0 Å². The molecule has 0 aromatic heterocycles. The van der Waals surface area contributed by atoms with Crippen molar-refractivity contribution in [2.45, 2.75) is 57.6 Å². The van der Waals surface area contributed by atoms with Crippen LogP contribution in [0.4, 0.5) is 4.79 Å². The summed E-state index contributed by atoms with van der Waals surface area (Å²) in [5, 5.41) is 16.8. The van der Waals surface area contributed by atoms with Crippen LogP contribution in [0.15, 0.2) is 30.3 Å². The van der Waals surface area contributed by atoms with E-state index in [0.717, 1.165) is 19.4 Å². The molecule has 29 heavy (non-hydrogen) atoms. The molecule has 2 aliphatic rings. The lowest BCUT2D eigenvalue weighted by Crippen LogP contribution is -2.49. The number of amides is 1. The Morgan fingerprint density at radius 1 is 1.24 bits per heavy atom. The molecular formula is C22H34N2O5. The van der Waals surface area contributed by atoms with E-state index in [4.69, 9.17) is 14.2 Å². The zero-order valence-electron chi connectivity index (χ0n) is 17.4. The second-order valence-corrected chi connectivity index (χ2v) is 8.36. The van der Waals surface area contributed by atoms with Gasteiger partial charge in [0.1, 0.15) is 6.10 Å². The lowest BCUT2D eigenvalue weighted by Gasteiger charge is -2.26. The van der Waals surface area contributed by atoms with Gasteiger partial charge in [-0.15, -0.1) is 0 Å². The number of aliphatic hydroxyl groups excluding tert-OH is 1. The number of carbonyl (C=O) groups is 1. The normalized spacial score (nSPS) is 25.6. The molecule has 0 spiro atoms. The van der Waals surface area contributed by atoms with Crippen LogP contribution in [-0.2, 0) is 20.6 Å². The van der Waals surface area contributed by atoms with Crippen LogP contribution in [0.25, 0.3) is 0 Å². The second kappa shape index (κ2) is 10.9. The molecule has 0 aliphatic carbocycles. The lowest BCUT2D eigenvalue weighted by atomic mass is 10.0. The standard InChI is InChI=1S/C22H34N2O5/c1-15(2)12-23-13-19(25)18(9-8-16-6-4-3-5-7-16)24-22(26)29-20-14-28-21-17(20)10-11-27-21/h3-7,15,17-21,23,25H,8-14H2,1-2H3,(H,24,26)/t17-,18-,19+,20-,21+/m0/s1.